The topological polar surface area (TPSA) is 65.4 Å². The van der Waals surface area contributed by atoms with Gasteiger partial charge in [-0.15, -0.1) is 0 Å². The molecule has 1 N–H and O–H groups in total. The molecular weight excluding hydrogens is 266 g/mol. The second-order valence-electron chi connectivity index (χ2n) is 6.14. The zero-order chi connectivity index (χ0) is 15.2. The summed E-state index contributed by atoms with van der Waals surface area (Å²) < 4.78 is 5.62. The third kappa shape index (κ3) is 4.47. The summed E-state index contributed by atoms with van der Waals surface area (Å²) in [7, 11) is 0. The van der Waals surface area contributed by atoms with Crippen molar-refractivity contribution >= 4 is 5.91 Å². The number of nitriles is 1. The van der Waals surface area contributed by atoms with Gasteiger partial charge in [0.15, 0.2) is 0 Å². The maximum atomic E-state index is 12.4. The molecule has 1 aliphatic carbocycles. The van der Waals surface area contributed by atoms with Gasteiger partial charge in [-0.3, -0.25) is 4.79 Å². The van der Waals surface area contributed by atoms with Gasteiger partial charge in [-0.1, -0.05) is 19.3 Å². The van der Waals surface area contributed by atoms with Crippen molar-refractivity contribution < 1.29 is 9.53 Å². The molecule has 0 bridgehead atoms. The molecule has 0 aromatic carbocycles. The second-order valence-corrected chi connectivity index (χ2v) is 6.14. The van der Waals surface area contributed by atoms with Crippen LogP contribution in [0.1, 0.15) is 46.0 Å². The van der Waals surface area contributed by atoms with Gasteiger partial charge in [0, 0.05) is 25.3 Å². The third-order valence-electron chi connectivity index (χ3n) is 4.13. The van der Waals surface area contributed by atoms with Crippen LogP contribution in [0.2, 0.25) is 0 Å². The number of carbonyl (C=O) groups excluding carboxylic acids is 1. The summed E-state index contributed by atoms with van der Waals surface area (Å²) in [5.41, 5.74) is 0.196. The molecule has 1 saturated carbocycles. The summed E-state index contributed by atoms with van der Waals surface area (Å²) in [6.45, 7) is 5.00. The van der Waals surface area contributed by atoms with E-state index < -0.39 is 0 Å². The van der Waals surface area contributed by atoms with E-state index in [0.29, 0.717) is 19.1 Å². The van der Waals surface area contributed by atoms with Gasteiger partial charge in [0.25, 0.3) is 5.91 Å². The van der Waals surface area contributed by atoms with Crippen LogP contribution < -0.4 is 5.32 Å². The Morgan fingerprint density at radius 2 is 1.86 bits per heavy atom. The number of rotatable bonds is 3. The van der Waals surface area contributed by atoms with Crippen molar-refractivity contribution in [2.24, 2.45) is 0 Å². The number of nitrogens with one attached hydrogen (secondary N) is 1. The minimum atomic E-state index is -0.192. The van der Waals surface area contributed by atoms with Gasteiger partial charge < -0.3 is 15.0 Å². The van der Waals surface area contributed by atoms with Gasteiger partial charge in [0.1, 0.15) is 11.6 Å². The molecule has 0 radical (unpaired) electrons. The van der Waals surface area contributed by atoms with Crippen molar-refractivity contribution in [1.82, 2.24) is 10.2 Å². The van der Waals surface area contributed by atoms with Crippen LogP contribution in [0.4, 0.5) is 0 Å². The number of amides is 1. The molecule has 0 aromatic heterocycles. The minimum absolute atomic E-state index is 0.0175. The Kier molecular flexibility index (Phi) is 5.63. The fraction of sp³-hybridized carbons (Fsp3) is 0.750. The first kappa shape index (κ1) is 15.8. The highest BCUT2D eigenvalue weighted by Gasteiger charge is 2.27. The fourth-order valence-electron chi connectivity index (χ4n) is 3.13. The molecule has 1 amide bonds. The molecule has 2 atom stereocenters. The lowest BCUT2D eigenvalue weighted by atomic mass is 9.96. The molecule has 2 fully saturated rings. The van der Waals surface area contributed by atoms with Crippen LogP contribution >= 0.6 is 0 Å². The van der Waals surface area contributed by atoms with Gasteiger partial charge in [0.2, 0.25) is 0 Å². The smallest absolute Gasteiger partial charge is 0.266 e. The quantitative estimate of drug-likeness (QED) is 0.637. The van der Waals surface area contributed by atoms with Crippen LogP contribution in [-0.2, 0) is 9.53 Å². The Labute approximate surface area is 126 Å². The summed E-state index contributed by atoms with van der Waals surface area (Å²) in [4.78, 5) is 14.2. The van der Waals surface area contributed by atoms with E-state index in [0.717, 1.165) is 12.8 Å². The van der Waals surface area contributed by atoms with Gasteiger partial charge in [-0.2, -0.15) is 5.26 Å². The van der Waals surface area contributed by atoms with Crippen molar-refractivity contribution in [3.63, 3.8) is 0 Å². The van der Waals surface area contributed by atoms with E-state index in [2.05, 4.69) is 5.32 Å². The summed E-state index contributed by atoms with van der Waals surface area (Å²) in [6, 6.07) is 2.44. The molecule has 0 aromatic rings. The second kappa shape index (κ2) is 7.46. The Balaban J connectivity index is 1.95. The van der Waals surface area contributed by atoms with Gasteiger partial charge in [0.05, 0.1) is 12.2 Å². The Morgan fingerprint density at radius 3 is 2.43 bits per heavy atom. The molecule has 1 saturated heterocycles. The molecule has 2 rings (SSSR count). The Morgan fingerprint density at radius 1 is 1.24 bits per heavy atom. The molecule has 2 unspecified atom stereocenters. The monoisotopic (exact) mass is 291 g/mol. The SMILES string of the molecule is CC1CN(C(=O)/C(C#N)=C\NC2CCCCC2)CC(C)O1. The maximum Gasteiger partial charge on any atom is 0.266 e. The van der Waals surface area contributed by atoms with E-state index in [1.54, 1.807) is 11.1 Å². The minimum Gasteiger partial charge on any atom is -0.387 e. The van der Waals surface area contributed by atoms with Crippen molar-refractivity contribution in [2.45, 2.75) is 64.2 Å². The van der Waals surface area contributed by atoms with E-state index in [1.807, 2.05) is 19.9 Å². The lowest BCUT2D eigenvalue weighted by Crippen LogP contribution is -2.48. The molecule has 5 nitrogen and oxygen atoms in total. The zero-order valence-corrected chi connectivity index (χ0v) is 13.0. The van der Waals surface area contributed by atoms with Crippen LogP contribution in [0.3, 0.4) is 0 Å². The highest BCUT2D eigenvalue weighted by Crippen LogP contribution is 2.18. The third-order valence-corrected chi connectivity index (χ3v) is 4.13. The van der Waals surface area contributed by atoms with E-state index in [-0.39, 0.29) is 23.7 Å². The van der Waals surface area contributed by atoms with Crippen LogP contribution in [-0.4, -0.2) is 42.1 Å². The van der Waals surface area contributed by atoms with Crippen LogP contribution in [0.15, 0.2) is 11.8 Å². The predicted octanol–water partition coefficient (Wildman–Crippen LogP) is 1.95. The first-order valence-corrected chi connectivity index (χ1v) is 7.91. The Hall–Kier alpha value is -1.54. The predicted molar refractivity (Wildman–Crippen MR) is 80.3 cm³/mol. The lowest BCUT2D eigenvalue weighted by molar-refractivity contribution is -0.138. The fourth-order valence-corrected chi connectivity index (χ4v) is 3.13. The van der Waals surface area contributed by atoms with E-state index in [9.17, 15) is 10.1 Å². The first-order chi connectivity index (χ1) is 10.1. The molecule has 21 heavy (non-hydrogen) atoms. The highest BCUT2D eigenvalue weighted by atomic mass is 16.5. The van der Waals surface area contributed by atoms with Gasteiger partial charge >= 0.3 is 0 Å². The number of hydrogen-bond donors (Lipinski definition) is 1. The maximum absolute atomic E-state index is 12.4. The molecule has 1 heterocycles. The number of ether oxygens (including phenoxy) is 1. The summed E-state index contributed by atoms with van der Waals surface area (Å²) >= 11 is 0. The number of morpholine rings is 1. The van der Waals surface area contributed by atoms with Crippen LogP contribution in [0.5, 0.6) is 0 Å². The van der Waals surface area contributed by atoms with E-state index in [1.165, 1.54) is 19.3 Å². The summed E-state index contributed by atoms with van der Waals surface area (Å²) in [5, 5.41) is 12.5. The van der Waals surface area contributed by atoms with Crippen LogP contribution in [0, 0.1) is 11.3 Å². The summed E-state index contributed by atoms with van der Waals surface area (Å²) in [6.07, 6.45) is 7.62. The molecular formula is C16H25N3O2. The van der Waals surface area contributed by atoms with Crippen molar-refractivity contribution in [3.05, 3.63) is 11.8 Å². The highest BCUT2D eigenvalue weighted by molar-refractivity contribution is 5.97. The van der Waals surface area contributed by atoms with Crippen molar-refractivity contribution in [1.29, 1.82) is 5.26 Å². The summed E-state index contributed by atoms with van der Waals surface area (Å²) in [5.74, 6) is -0.192. The molecule has 5 heteroatoms. The normalized spacial score (nSPS) is 28.0. The van der Waals surface area contributed by atoms with E-state index >= 15 is 0 Å². The standard InChI is InChI=1S/C16H25N3O2/c1-12-10-19(11-13(2)21-12)16(20)14(8-17)9-18-15-6-4-3-5-7-15/h9,12-13,15,18H,3-7,10-11H2,1-2H3/b14-9-. The average Bonchev–Trinajstić information content (AvgIpc) is 2.47. The molecule has 1 aliphatic heterocycles. The first-order valence-electron chi connectivity index (χ1n) is 7.91. The van der Waals surface area contributed by atoms with Crippen molar-refractivity contribution in [3.8, 4) is 6.07 Å². The Bertz CT molecular complexity index is 425. The average molecular weight is 291 g/mol. The van der Waals surface area contributed by atoms with Crippen molar-refractivity contribution in [2.75, 3.05) is 13.1 Å². The lowest BCUT2D eigenvalue weighted by Gasteiger charge is -2.35. The zero-order valence-electron chi connectivity index (χ0n) is 13.0. The molecule has 2 aliphatic rings. The number of carbonyl (C=O) groups is 1. The number of nitrogens with zero attached hydrogens (tertiary/aromatic N) is 2. The van der Waals surface area contributed by atoms with Gasteiger partial charge in [-0.05, 0) is 26.7 Å². The van der Waals surface area contributed by atoms with Gasteiger partial charge in [-0.25, -0.2) is 0 Å². The van der Waals surface area contributed by atoms with Crippen LogP contribution in [0.25, 0.3) is 0 Å². The number of hydrogen-bond acceptors (Lipinski definition) is 4. The van der Waals surface area contributed by atoms with E-state index in [4.69, 9.17) is 4.74 Å². The molecule has 116 valence electrons. The largest absolute Gasteiger partial charge is 0.387 e. The molecule has 0 spiro atoms.